The van der Waals surface area contributed by atoms with Crippen LogP contribution in [-0.2, 0) is 22.7 Å². The molecule has 0 saturated heterocycles. The van der Waals surface area contributed by atoms with E-state index in [0.717, 1.165) is 33.8 Å². The molecule has 2 amide bonds. The molecular formula is C33H29N5O4. The lowest BCUT2D eigenvalue weighted by Crippen LogP contribution is -2.22. The quantitative estimate of drug-likeness (QED) is 0.125. The van der Waals surface area contributed by atoms with Crippen LogP contribution in [-0.4, -0.2) is 16.7 Å². The van der Waals surface area contributed by atoms with Gasteiger partial charge in [0.1, 0.15) is 11.6 Å². The largest absolute Gasteiger partial charge is 0.363 e. The van der Waals surface area contributed by atoms with E-state index < -0.39 is 4.92 Å². The highest BCUT2D eigenvalue weighted by Crippen LogP contribution is 2.25. The van der Waals surface area contributed by atoms with E-state index in [4.69, 9.17) is 0 Å². The van der Waals surface area contributed by atoms with Crippen LogP contribution < -0.4 is 15.5 Å². The maximum atomic E-state index is 11.6. The highest BCUT2D eigenvalue weighted by Gasteiger charge is 2.13. The van der Waals surface area contributed by atoms with Crippen molar-refractivity contribution in [1.82, 2.24) is 0 Å². The molecule has 0 aliphatic carbocycles. The summed E-state index contributed by atoms with van der Waals surface area (Å²) in [7, 11) is 0. The van der Waals surface area contributed by atoms with Crippen molar-refractivity contribution in [2.24, 2.45) is 0 Å². The maximum Gasteiger partial charge on any atom is 0.287 e. The highest BCUT2D eigenvalue weighted by atomic mass is 16.6. The van der Waals surface area contributed by atoms with E-state index in [9.17, 15) is 25.0 Å². The van der Waals surface area contributed by atoms with Crippen molar-refractivity contribution >= 4 is 46.7 Å². The van der Waals surface area contributed by atoms with Gasteiger partial charge in [0.2, 0.25) is 11.8 Å². The van der Waals surface area contributed by atoms with Gasteiger partial charge in [-0.25, -0.2) is 0 Å². The van der Waals surface area contributed by atoms with Crippen LogP contribution >= 0.6 is 0 Å². The normalized spacial score (nSPS) is 10.6. The van der Waals surface area contributed by atoms with Crippen molar-refractivity contribution < 1.29 is 14.5 Å². The van der Waals surface area contributed by atoms with E-state index in [1.165, 1.54) is 26.0 Å². The number of nitro groups is 1. The molecule has 0 aliphatic heterocycles. The van der Waals surface area contributed by atoms with Gasteiger partial charge in [0, 0.05) is 50.1 Å². The van der Waals surface area contributed by atoms with Crippen LogP contribution in [0.1, 0.15) is 41.7 Å². The summed E-state index contributed by atoms with van der Waals surface area (Å²) in [6.07, 6.45) is 3.68. The van der Waals surface area contributed by atoms with Crippen molar-refractivity contribution in [3.8, 4) is 6.07 Å². The third-order valence-corrected chi connectivity index (χ3v) is 6.31. The molecule has 4 aromatic carbocycles. The summed E-state index contributed by atoms with van der Waals surface area (Å²) in [5.74, 6) is -0.278. The molecule has 0 aliphatic rings. The van der Waals surface area contributed by atoms with Crippen molar-refractivity contribution in [1.29, 1.82) is 5.26 Å². The molecular weight excluding hydrogens is 530 g/mol. The van der Waals surface area contributed by atoms with Gasteiger partial charge < -0.3 is 15.5 Å². The highest BCUT2D eigenvalue weighted by molar-refractivity contribution is 5.89. The lowest BCUT2D eigenvalue weighted by molar-refractivity contribution is -0.385. The second-order valence-electron chi connectivity index (χ2n) is 9.69. The number of nitro benzene ring substituents is 1. The van der Waals surface area contributed by atoms with E-state index in [1.807, 2.05) is 84.9 Å². The minimum Gasteiger partial charge on any atom is -0.363 e. The second-order valence-corrected chi connectivity index (χ2v) is 9.69. The lowest BCUT2D eigenvalue weighted by atomic mass is 10.1. The zero-order chi connectivity index (χ0) is 30.1. The zero-order valence-corrected chi connectivity index (χ0v) is 23.2. The molecule has 0 spiro atoms. The monoisotopic (exact) mass is 559 g/mol. The number of nitrogens with zero attached hydrogens (tertiary/aromatic N) is 3. The number of nitriles is 1. The Morgan fingerprint density at radius 3 is 1.83 bits per heavy atom. The topological polar surface area (TPSA) is 128 Å². The van der Waals surface area contributed by atoms with Gasteiger partial charge in [-0.3, -0.25) is 19.7 Å². The van der Waals surface area contributed by atoms with Gasteiger partial charge in [-0.15, -0.1) is 0 Å². The molecule has 0 atom stereocenters. The maximum absolute atomic E-state index is 11.6. The van der Waals surface area contributed by atoms with Gasteiger partial charge in [-0.1, -0.05) is 48.6 Å². The first-order valence-corrected chi connectivity index (χ1v) is 13.1. The van der Waals surface area contributed by atoms with Crippen molar-refractivity contribution in [2.45, 2.75) is 26.9 Å². The summed E-state index contributed by atoms with van der Waals surface area (Å²) >= 11 is 0. The first-order valence-electron chi connectivity index (χ1n) is 13.1. The van der Waals surface area contributed by atoms with Crippen LogP contribution in [0.5, 0.6) is 0 Å². The summed E-state index contributed by atoms with van der Waals surface area (Å²) < 4.78 is 0. The van der Waals surface area contributed by atoms with Gasteiger partial charge >= 0.3 is 0 Å². The fraction of sp³-hybridized carbons (Fsp3) is 0.121. The number of carbonyl (C=O) groups excluding carboxylic acids is 2. The molecule has 0 fully saturated rings. The number of anilines is 3. The van der Waals surface area contributed by atoms with Crippen molar-refractivity contribution in [3.05, 3.63) is 129 Å². The van der Waals surface area contributed by atoms with Crippen LogP contribution in [0.25, 0.3) is 12.2 Å². The molecule has 4 aromatic rings. The Hall–Kier alpha value is -5.75. The van der Waals surface area contributed by atoms with E-state index in [2.05, 4.69) is 15.5 Å². The number of carbonyl (C=O) groups is 2. The van der Waals surface area contributed by atoms with Gasteiger partial charge in [0.15, 0.2) is 0 Å². The van der Waals surface area contributed by atoms with Crippen LogP contribution in [0.15, 0.2) is 91.0 Å². The van der Waals surface area contributed by atoms with Crippen LogP contribution in [0, 0.1) is 21.4 Å². The number of hydrogen-bond acceptors (Lipinski definition) is 6. The Morgan fingerprint density at radius 2 is 1.33 bits per heavy atom. The molecule has 0 aromatic heterocycles. The molecule has 42 heavy (non-hydrogen) atoms. The molecule has 9 heteroatoms. The number of nitrogens with one attached hydrogen (secondary N) is 2. The van der Waals surface area contributed by atoms with Crippen LogP contribution in [0.4, 0.5) is 22.7 Å². The van der Waals surface area contributed by atoms with Gasteiger partial charge in [-0.05, 0) is 70.8 Å². The predicted octanol–water partition coefficient (Wildman–Crippen LogP) is 6.76. The van der Waals surface area contributed by atoms with E-state index in [-0.39, 0.29) is 23.1 Å². The summed E-state index contributed by atoms with van der Waals surface area (Å²) in [5.41, 5.74) is 5.81. The number of benzene rings is 4. The molecule has 4 rings (SSSR count). The Morgan fingerprint density at radius 1 is 0.810 bits per heavy atom. The van der Waals surface area contributed by atoms with Crippen molar-refractivity contribution in [2.75, 3.05) is 15.5 Å². The Balaban J connectivity index is 1.59. The third kappa shape index (κ3) is 8.13. The molecule has 9 nitrogen and oxygen atoms in total. The molecule has 0 radical (unpaired) electrons. The van der Waals surface area contributed by atoms with Crippen LogP contribution in [0.3, 0.4) is 0 Å². The molecule has 0 unspecified atom stereocenters. The third-order valence-electron chi connectivity index (χ3n) is 6.31. The minimum atomic E-state index is -0.567. The summed E-state index contributed by atoms with van der Waals surface area (Å²) in [6.45, 7) is 4.07. The first kappa shape index (κ1) is 29.2. The van der Waals surface area contributed by atoms with E-state index in [1.54, 1.807) is 12.1 Å². The lowest BCUT2D eigenvalue weighted by Gasteiger charge is -2.26. The molecule has 2 N–H and O–H groups in total. The van der Waals surface area contributed by atoms with Crippen LogP contribution in [0.2, 0.25) is 0 Å². The zero-order valence-electron chi connectivity index (χ0n) is 23.2. The predicted molar refractivity (Wildman–Crippen MR) is 165 cm³/mol. The SMILES string of the molecule is CC(=O)Nc1cccc(CN(Cc2cccc(NC(C)=O)c2)c2ccc(C=Cc3ccc([N+](=O)[O-])c(C#N)c3)cc2)c1. The minimum absolute atomic E-state index is 0.0123. The summed E-state index contributed by atoms with van der Waals surface area (Å²) in [4.78, 5) is 35.9. The smallest absolute Gasteiger partial charge is 0.287 e. The average molecular weight is 560 g/mol. The van der Waals surface area contributed by atoms with Gasteiger partial charge in [0.05, 0.1) is 4.92 Å². The number of hydrogen-bond donors (Lipinski definition) is 2. The summed E-state index contributed by atoms with van der Waals surface area (Å²) in [6, 6.07) is 29.7. The Bertz CT molecular complexity index is 1630. The van der Waals surface area contributed by atoms with Gasteiger partial charge in [0.25, 0.3) is 5.69 Å². The summed E-state index contributed by atoms with van der Waals surface area (Å²) in [5, 5.41) is 26.0. The first-order chi connectivity index (χ1) is 20.2. The van der Waals surface area contributed by atoms with E-state index >= 15 is 0 Å². The molecule has 0 heterocycles. The standard InChI is InChI=1S/C33H29N5O4/c1-23(39)35-30-7-3-5-27(18-30)21-37(22-28-6-4-8-31(19-28)36-24(2)40)32-14-11-25(12-15-32)9-10-26-13-16-33(38(41)42)29(17-26)20-34/h3-19H,21-22H2,1-2H3,(H,35,39)(H,36,40). The van der Waals surface area contributed by atoms with Crippen molar-refractivity contribution in [3.63, 3.8) is 0 Å². The Labute approximate surface area is 243 Å². The fourth-order valence-corrected chi connectivity index (χ4v) is 4.48. The van der Waals surface area contributed by atoms with E-state index in [0.29, 0.717) is 18.7 Å². The second kappa shape index (κ2) is 13.5. The number of amides is 2. The molecule has 0 saturated carbocycles. The number of rotatable bonds is 10. The molecule has 0 bridgehead atoms. The van der Waals surface area contributed by atoms with Gasteiger partial charge in [-0.2, -0.15) is 5.26 Å². The fourth-order valence-electron chi connectivity index (χ4n) is 4.48. The molecule has 210 valence electrons. The Kier molecular flexibility index (Phi) is 9.43. The average Bonchev–Trinajstić information content (AvgIpc) is 2.95.